The number of likely N-dealkylation sites (tertiary alicyclic amines) is 1. The molecule has 1 saturated heterocycles. The molecule has 0 saturated carbocycles. The standard InChI is InChI=1S/C23H29N2Si.Li/c1-26(2,24-15-14-19-10-4-3-5-11-19)23-18-22(25-16-8-9-17-25)20-12-6-7-13-21(20)23;/h3-7,10-13,18,24H,8-9,14-17H2,1-2H3;. The van der Waals surface area contributed by atoms with E-state index in [-0.39, 0.29) is 3.71 Å². The molecule has 2 nitrogen and oxygen atoms in total. The van der Waals surface area contributed by atoms with Crippen LogP contribution in [0.4, 0.5) is 0 Å². The number of nitrogens with zero attached hydrogens (tertiary/aromatic N) is 1. The average Bonchev–Trinajstić information content (AvgIpc) is 3.30. The normalized spacial score (nSPS) is 22.1. The van der Waals surface area contributed by atoms with Crippen molar-refractivity contribution >= 4 is 31.6 Å². The first-order valence-corrected chi connectivity index (χ1v) is 13.4. The zero-order valence-electron chi connectivity index (χ0n) is 17.0. The van der Waals surface area contributed by atoms with Crippen LogP contribution in [0.5, 0.6) is 0 Å². The van der Waals surface area contributed by atoms with Crippen molar-refractivity contribution in [2.24, 2.45) is 0 Å². The molecule has 0 amide bonds. The Morgan fingerprint density at radius 2 is 1.67 bits per heavy atom. The van der Waals surface area contributed by atoms with Crippen LogP contribution < -0.4 is 4.98 Å². The maximum absolute atomic E-state index is 4.02. The van der Waals surface area contributed by atoms with Gasteiger partial charge in [0, 0.05) is 0 Å². The van der Waals surface area contributed by atoms with Crippen molar-refractivity contribution in [3.05, 3.63) is 77.4 Å². The minimum absolute atomic E-state index is 0.123. The van der Waals surface area contributed by atoms with E-state index in [9.17, 15) is 0 Å². The van der Waals surface area contributed by atoms with E-state index in [1.54, 1.807) is 0 Å². The van der Waals surface area contributed by atoms with Gasteiger partial charge in [0.1, 0.15) is 0 Å². The quantitative estimate of drug-likeness (QED) is 0.773. The third-order valence-electron chi connectivity index (χ3n) is 6.76. The Labute approximate surface area is 174 Å². The van der Waals surface area contributed by atoms with Crippen molar-refractivity contribution in [2.45, 2.75) is 36.1 Å². The monoisotopic (exact) mass is 368 g/mol. The Hall–Kier alpha value is -1.25. The summed E-state index contributed by atoms with van der Waals surface area (Å²) >= 11 is 2.47. The van der Waals surface area contributed by atoms with E-state index < -0.39 is 8.24 Å². The van der Waals surface area contributed by atoms with E-state index in [0.717, 1.165) is 13.0 Å². The Kier molecular flexibility index (Phi) is 5.40. The molecule has 1 aliphatic carbocycles. The van der Waals surface area contributed by atoms with Gasteiger partial charge in [0.2, 0.25) is 0 Å². The molecule has 2 aromatic carbocycles. The second-order valence-electron chi connectivity index (χ2n) is 8.76. The summed E-state index contributed by atoms with van der Waals surface area (Å²) in [6.07, 6.45) is 6.35. The molecule has 0 radical (unpaired) electrons. The number of fused-ring (bicyclic) bond motifs is 1. The number of nitrogens with one attached hydrogen (secondary N) is 1. The van der Waals surface area contributed by atoms with Crippen molar-refractivity contribution < 1.29 is 0 Å². The fraction of sp³-hybridized carbons (Fsp3) is 0.391. The van der Waals surface area contributed by atoms with Gasteiger partial charge in [-0.1, -0.05) is 0 Å². The number of rotatable bonds is 6. The molecule has 1 N–H and O–H groups in total. The van der Waals surface area contributed by atoms with Crippen LogP contribution in [0.2, 0.25) is 13.1 Å². The van der Waals surface area contributed by atoms with Gasteiger partial charge in [-0.2, -0.15) is 0 Å². The Balaban J connectivity index is 1.58. The van der Waals surface area contributed by atoms with Crippen LogP contribution in [0.25, 0.3) is 5.70 Å². The number of hydrogen-bond acceptors (Lipinski definition) is 2. The minimum atomic E-state index is -1.75. The van der Waals surface area contributed by atoms with E-state index in [0.29, 0.717) is 0 Å². The third kappa shape index (κ3) is 3.59. The molecule has 1 aliphatic heterocycles. The summed E-state index contributed by atoms with van der Waals surface area (Å²) < 4.78 is 0.123. The second-order valence-corrected chi connectivity index (χ2v) is 13.4. The van der Waals surface area contributed by atoms with Gasteiger partial charge in [-0.3, -0.25) is 0 Å². The molecular formula is C23H29LiN2Si. The van der Waals surface area contributed by atoms with Crippen molar-refractivity contribution in [1.82, 2.24) is 9.88 Å². The third-order valence-corrected chi connectivity index (χ3v) is 10.9. The van der Waals surface area contributed by atoms with E-state index in [1.165, 1.54) is 48.3 Å². The molecule has 1 heterocycles. The molecule has 4 heteroatoms. The zero-order valence-corrected chi connectivity index (χ0v) is 18.0. The van der Waals surface area contributed by atoms with E-state index in [4.69, 9.17) is 0 Å². The van der Waals surface area contributed by atoms with Gasteiger partial charge in [0.25, 0.3) is 0 Å². The summed E-state index contributed by atoms with van der Waals surface area (Å²) in [5, 5.41) is 0. The van der Waals surface area contributed by atoms with Crippen molar-refractivity contribution in [1.29, 1.82) is 0 Å². The molecule has 27 heavy (non-hydrogen) atoms. The predicted octanol–water partition coefficient (Wildman–Crippen LogP) is 4.08. The summed E-state index contributed by atoms with van der Waals surface area (Å²) in [5.41, 5.74) is 5.89. The number of benzene rings is 2. The molecule has 1 unspecified atom stereocenters. The van der Waals surface area contributed by atoms with Crippen molar-refractivity contribution in [3.63, 3.8) is 0 Å². The van der Waals surface area contributed by atoms with Gasteiger partial charge in [0.05, 0.1) is 0 Å². The number of allylic oxidation sites excluding steroid dienone is 1. The molecule has 4 rings (SSSR count). The van der Waals surface area contributed by atoms with E-state index in [2.05, 4.69) is 101 Å². The molecular weight excluding hydrogens is 339 g/mol. The van der Waals surface area contributed by atoms with Gasteiger partial charge >= 0.3 is 175 Å². The Morgan fingerprint density at radius 1 is 1.00 bits per heavy atom. The van der Waals surface area contributed by atoms with Gasteiger partial charge in [0.15, 0.2) is 0 Å². The Morgan fingerprint density at radius 3 is 2.41 bits per heavy atom. The molecule has 1 fully saturated rings. The summed E-state index contributed by atoms with van der Waals surface area (Å²) in [5.74, 6) is 0. The summed E-state index contributed by atoms with van der Waals surface area (Å²) in [6, 6.07) is 19.9. The van der Waals surface area contributed by atoms with Crippen LogP contribution in [0, 0.1) is 0 Å². The average molecular weight is 369 g/mol. The molecule has 2 aromatic rings. The van der Waals surface area contributed by atoms with Gasteiger partial charge in [-0.05, 0) is 0 Å². The maximum atomic E-state index is 4.02. The molecule has 136 valence electrons. The molecule has 2 aliphatic rings. The van der Waals surface area contributed by atoms with Crippen LogP contribution in [0.3, 0.4) is 0 Å². The first-order valence-electron chi connectivity index (χ1n) is 10.4. The molecule has 0 bridgehead atoms. The molecule has 0 aromatic heterocycles. The van der Waals surface area contributed by atoms with Gasteiger partial charge in [-0.15, -0.1) is 0 Å². The molecule has 0 spiro atoms. The SMILES string of the molecule is [Li][C]1([Si](C)(C)NCCc2ccccc2)C=C(N2CCCC2)c2ccccc21. The van der Waals surface area contributed by atoms with E-state index in [1.807, 2.05) is 0 Å². The van der Waals surface area contributed by atoms with Crippen molar-refractivity contribution in [2.75, 3.05) is 19.6 Å². The van der Waals surface area contributed by atoms with E-state index >= 15 is 0 Å². The van der Waals surface area contributed by atoms with Gasteiger partial charge < -0.3 is 0 Å². The van der Waals surface area contributed by atoms with Crippen LogP contribution >= 0.6 is 0 Å². The zero-order chi connectivity index (χ0) is 18.9. The Bertz CT molecular complexity index is 827. The van der Waals surface area contributed by atoms with Crippen LogP contribution in [0.1, 0.15) is 29.5 Å². The first-order chi connectivity index (χ1) is 13.0. The van der Waals surface area contributed by atoms with Crippen LogP contribution in [0.15, 0.2) is 60.7 Å². The van der Waals surface area contributed by atoms with Crippen molar-refractivity contribution in [3.8, 4) is 0 Å². The van der Waals surface area contributed by atoms with Crippen LogP contribution in [-0.4, -0.2) is 50.5 Å². The topological polar surface area (TPSA) is 15.3 Å². The predicted molar refractivity (Wildman–Crippen MR) is 118 cm³/mol. The number of hydrogen-bond donors (Lipinski definition) is 1. The fourth-order valence-corrected chi connectivity index (χ4v) is 7.18. The first kappa shape index (κ1) is 19.1. The summed E-state index contributed by atoms with van der Waals surface area (Å²) in [4.78, 5) is 6.63. The summed E-state index contributed by atoms with van der Waals surface area (Å²) in [6.45, 7) is 8.46. The van der Waals surface area contributed by atoms with Crippen LogP contribution in [-0.2, 0) is 10.1 Å². The molecule has 1 atom stereocenters. The fourth-order valence-electron chi connectivity index (χ4n) is 4.67. The summed E-state index contributed by atoms with van der Waals surface area (Å²) in [7, 11) is -1.75. The van der Waals surface area contributed by atoms with Gasteiger partial charge in [-0.25, -0.2) is 0 Å². The second kappa shape index (κ2) is 7.64.